The Hall–Kier alpha value is -2.83. The van der Waals surface area contributed by atoms with Crippen molar-refractivity contribution in [2.75, 3.05) is 35.6 Å². The normalized spacial score (nSPS) is 10.4. The molecule has 2 aromatic rings. The molecule has 7 heteroatoms. The summed E-state index contributed by atoms with van der Waals surface area (Å²) in [6.45, 7) is 8.35. The first-order chi connectivity index (χ1) is 12.6. The number of carbonyl (C=O) groups excluding carboxylic acids is 1. The van der Waals surface area contributed by atoms with Gasteiger partial charge in [0.05, 0.1) is 6.61 Å². The summed E-state index contributed by atoms with van der Waals surface area (Å²) in [6.07, 6.45) is 3.63. The van der Waals surface area contributed by atoms with E-state index in [1.54, 1.807) is 24.3 Å². The first-order valence-electron chi connectivity index (χ1n) is 9.00. The number of nitrogens with zero attached hydrogens (tertiary/aromatic N) is 3. The van der Waals surface area contributed by atoms with Crippen molar-refractivity contribution in [1.82, 2.24) is 9.97 Å². The molecule has 0 radical (unpaired) electrons. The summed E-state index contributed by atoms with van der Waals surface area (Å²) >= 11 is 0. The second kappa shape index (κ2) is 9.60. The molecule has 7 nitrogen and oxygen atoms in total. The quantitative estimate of drug-likeness (QED) is 0.715. The number of nitrogen functional groups attached to an aromatic ring is 1. The van der Waals surface area contributed by atoms with Crippen LogP contribution < -0.4 is 20.7 Å². The molecule has 0 saturated carbocycles. The third-order valence-corrected chi connectivity index (χ3v) is 3.92. The molecule has 26 heavy (non-hydrogen) atoms. The zero-order valence-corrected chi connectivity index (χ0v) is 15.7. The molecule has 0 aliphatic heterocycles. The molecule has 3 N–H and O–H groups in total. The summed E-state index contributed by atoms with van der Waals surface area (Å²) in [5.41, 5.74) is 6.91. The van der Waals surface area contributed by atoms with Crippen LogP contribution >= 0.6 is 0 Å². The third-order valence-electron chi connectivity index (χ3n) is 3.92. The van der Waals surface area contributed by atoms with Crippen LogP contribution in [0.4, 0.5) is 17.5 Å². The summed E-state index contributed by atoms with van der Waals surface area (Å²) in [5.74, 6) is 1.14. The minimum atomic E-state index is -0.338. The van der Waals surface area contributed by atoms with Crippen molar-refractivity contribution < 1.29 is 9.53 Å². The molecular weight excluding hydrogens is 330 g/mol. The third kappa shape index (κ3) is 5.08. The molecule has 0 aliphatic rings. The summed E-state index contributed by atoms with van der Waals surface area (Å²) in [5, 5.41) is 2.80. The number of hydrogen-bond donors (Lipinski definition) is 2. The number of nitrogens with two attached hydrogens (primary N) is 1. The van der Waals surface area contributed by atoms with Crippen molar-refractivity contribution >= 4 is 23.4 Å². The van der Waals surface area contributed by atoms with Gasteiger partial charge in [-0.15, -0.1) is 0 Å². The van der Waals surface area contributed by atoms with Crippen LogP contribution in [0.5, 0.6) is 5.75 Å². The lowest BCUT2D eigenvalue weighted by Gasteiger charge is -2.20. The van der Waals surface area contributed by atoms with Gasteiger partial charge in [-0.2, -0.15) is 4.98 Å². The van der Waals surface area contributed by atoms with Crippen LogP contribution in [0.1, 0.15) is 44.0 Å². The van der Waals surface area contributed by atoms with E-state index in [1.807, 2.05) is 18.7 Å². The molecular formula is C19H27N5O2. The summed E-state index contributed by atoms with van der Waals surface area (Å²) in [7, 11) is 0. The van der Waals surface area contributed by atoms with E-state index in [9.17, 15) is 4.79 Å². The van der Waals surface area contributed by atoms with Gasteiger partial charge in [0, 0.05) is 25.0 Å². The van der Waals surface area contributed by atoms with Crippen molar-refractivity contribution in [2.45, 2.75) is 33.6 Å². The highest BCUT2D eigenvalue weighted by atomic mass is 16.5. The van der Waals surface area contributed by atoms with Gasteiger partial charge >= 0.3 is 0 Å². The van der Waals surface area contributed by atoms with Crippen LogP contribution in [0.2, 0.25) is 0 Å². The van der Waals surface area contributed by atoms with E-state index in [1.165, 1.54) is 6.20 Å². The predicted molar refractivity (Wildman–Crippen MR) is 105 cm³/mol. The number of amides is 1. The number of carbonyl (C=O) groups is 1. The van der Waals surface area contributed by atoms with Crippen molar-refractivity contribution in [3.8, 4) is 5.75 Å². The van der Waals surface area contributed by atoms with Gasteiger partial charge < -0.3 is 20.7 Å². The molecule has 0 fully saturated rings. The van der Waals surface area contributed by atoms with Crippen LogP contribution in [0.3, 0.4) is 0 Å². The van der Waals surface area contributed by atoms with Gasteiger partial charge in [-0.1, -0.05) is 13.3 Å². The second-order valence-electron chi connectivity index (χ2n) is 5.81. The van der Waals surface area contributed by atoms with Gasteiger partial charge in [0.25, 0.3) is 5.91 Å². The number of nitrogens with one attached hydrogen (secondary N) is 1. The van der Waals surface area contributed by atoms with E-state index in [0.29, 0.717) is 18.2 Å². The van der Waals surface area contributed by atoms with E-state index in [2.05, 4.69) is 22.2 Å². The molecule has 1 amide bonds. The highest BCUT2D eigenvalue weighted by molar-refractivity contribution is 6.07. The van der Waals surface area contributed by atoms with Gasteiger partial charge in [-0.05, 0) is 44.5 Å². The molecule has 140 valence electrons. The van der Waals surface area contributed by atoms with Gasteiger partial charge in [-0.25, -0.2) is 4.98 Å². The number of aromatic nitrogens is 2. The Balaban J connectivity index is 2.09. The Morgan fingerprint density at radius 3 is 2.54 bits per heavy atom. The standard InChI is InChI=1S/C19H27N5O2/c1-4-7-12-24(5-2)19-21-13-16(17(20)23-19)18(25)22-14-8-10-15(11-9-14)26-6-3/h8-11,13H,4-7,12H2,1-3H3,(H,22,25)(H2,20,21,23). The lowest BCUT2D eigenvalue weighted by Crippen LogP contribution is -2.27. The highest BCUT2D eigenvalue weighted by Crippen LogP contribution is 2.19. The van der Waals surface area contributed by atoms with E-state index >= 15 is 0 Å². The number of unbranched alkanes of at least 4 members (excludes halogenated alkanes) is 1. The number of anilines is 3. The van der Waals surface area contributed by atoms with Gasteiger partial charge in [-0.3, -0.25) is 4.79 Å². The monoisotopic (exact) mass is 357 g/mol. The number of hydrogen-bond acceptors (Lipinski definition) is 6. The van der Waals surface area contributed by atoms with Crippen LogP contribution in [0, 0.1) is 0 Å². The molecule has 1 aromatic carbocycles. The Bertz CT molecular complexity index is 718. The highest BCUT2D eigenvalue weighted by Gasteiger charge is 2.15. The number of rotatable bonds is 9. The van der Waals surface area contributed by atoms with Gasteiger partial charge in [0.15, 0.2) is 0 Å². The van der Waals surface area contributed by atoms with Crippen LogP contribution in [0.15, 0.2) is 30.5 Å². The zero-order valence-electron chi connectivity index (χ0n) is 15.7. The molecule has 2 rings (SSSR count). The topological polar surface area (TPSA) is 93.4 Å². The Labute approximate surface area is 154 Å². The van der Waals surface area contributed by atoms with Crippen molar-refractivity contribution in [1.29, 1.82) is 0 Å². The van der Waals surface area contributed by atoms with Gasteiger partial charge in [0.2, 0.25) is 5.95 Å². The number of ether oxygens (including phenoxy) is 1. The van der Waals surface area contributed by atoms with E-state index in [-0.39, 0.29) is 17.3 Å². The number of benzene rings is 1. The van der Waals surface area contributed by atoms with Crippen LogP contribution in [-0.2, 0) is 0 Å². The SMILES string of the molecule is CCCCN(CC)c1ncc(C(=O)Nc2ccc(OCC)cc2)c(N)n1. The minimum absolute atomic E-state index is 0.174. The summed E-state index contributed by atoms with van der Waals surface area (Å²) < 4.78 is 5.39. The lowest BCUT2D eigenvalue weighted by molar-refractivity contribution is 0.102. The predicted octanol–water partition coefficient (Wildman–Crippen LogP) is 3.34. The van der Waals surface area contributed by atoms with Crippen LogP contribution in [0.25, 0.3) is 0 Å². The fraction of sp³-hybridized carbons (Fsp3) is 0.421. The second-order valence-corrected chi connectivity index (χ2v) is 5.81. The fourth-order valence-electron chi connectivity index (χ4n) is 2.46. The average molecular weight is 357 g/mol. The lowest BCUT2D eigenvalue weighted by atomic mass is 10.2. The summed E-state index contributed by atoms with van der Waals surface area (Å²) in [4.78, 5) is 23.1. The van der Waals surface area contributed by atoms with Crippen LogP contribution in [-0.4, -0.2) is 35.6 Å². The molecule has 0 spiro atoms. The maximum absolute atomic E-state index is 12.5. The molecule has 0 saturated heterocycles. The maximum atomic E-state index is 12.5. The maximum Gasteiger partial charge on any atom is 0.260 e. The fourth-order valence-corrected chi connectivity index (χ4v) is 2.46. The first-order valence-corrected chi connectivity index (χ1v) is 9.00. The molecule has 0 atom stereocenters. The smallest absolute Gasteiger partial charge is 0.260 e. The van der Waals surface area contributed by atoms with Crippen molar-refractivity contribution in [3.05, 3.63) is 36.0 Å². The zero-order chi connectivity index (χ0) is 18.9. The molecule has 0 unspecified atom stereocenters. The first kappa shape index (κ1) is 19.5. The van der Waals surface area contributed by atoms with E-state index in [0.717, 1.165) is 31.7 Å². The molecule has 0 bridgehead atoms. The molecule has 1 heterocycles. The Morgan fingerprint density at radius 2 is 1.96 bits per heavy atom. The van der Waals surface area contributed by atoms with E-state index in [4.69, 9.17) is 10.5 Å². The van der Waals surface area contributed by atoms with E-state index < -0.39 is 0 Å². The summed E-state index contributed by atoms with van der Waals surface area (Å²) in [6, 6.07) is 7.15. The largest absolute Gasteiger partial charge is 0.494 e. The average Bonchev–Trinajstić information content (AvgIpc) is 2.64. The minimum Gasteiger partial charge on any atom is -0.494 e. The Kier molecular flexibility index (Phi) is 7.20. The molecule has 0 aliphatic carbocycles. The van der Waals surface area contributed by atoms with Crippen molar-refractivity contribution in [2.24, 2.45) is 0 Å². The van der Waals surface area contributed by atoms with Crippen molar-refractivity contribution in [3.63, 3.8) is 0 Å². The Morgan fingerprint density at radius 1 is 1.23 bits per heavy atom. The molecule has 1 aromatic heterocycles. The van der Waals surface area contributed by atoms with Gasteiger partial charge in [0.1, 0.15) is 17.1 Å².